The maximum absolute atomic E-state index is 5.46. The van der Waals surface area contributed by atoms with Crippen LogP contribution in [0.2, 0.25) is 0 Å². The van der Waals surface area contributed by atoms with Gasteiger partial charge in [-0.3, -0.25) is 5.84 Å². The lowest BCUT2D eigenvalue weighted by atomic mass is 10.1. The van der Waals surface area contributed by atoms with Crippen LogP contribution in [-0.4, -0.2) is 9.97 Å². The summed E-state index contributed by atoms with van der Waals surface area (Å²) in [6, 6.07) is 1.89. The highest BCUT2D eigenvalue weighted by Crippen LogP contribution is 2.14. The van der Waals surface area contributed by atoms with Gasteiger partial charge in [-0.15, -0.1) is 0 Å². The number of nitrogens with one attached hydrogen (secondary N) is 1. The van der Waals surface area contributed by atoms with Gasteiger partial charge in [0.25, 0.3) is 0 Å². The van der Waals surface area contributed by atoms with Crippen LogP contribution in [0.15, 0.2) is 18.5 Å². The first-order chi connectivity index (χ1) is 6.88. The van der Waals surface area contributed by atoms with E-state index in [0.717, 1.165) is 18.7 Å². The summed E-state index contributed by atoms with van der Waals surface area (Å²) in [4.78, 5) is 8.35. The van der Waals surface area contributed by atoms with Crippen molar-refractivity contribution < 1.29 is 0 Å². The Labute approximate surface area is 84.9 Å². The Balaban J connectivity index is 2.46. The van der Waals surface area contributed by atoms with Crippen molar-refractivity contribution in [3.63, 3.8) is 0 Å². The smallest absolute Gasteiger partial charge is 0.146 e. The van der Waals surface area contributed by atoms with E-state index in [0.29, 0.717) is 0 Å². The molecule has 0 bridgehead atoms. The fourth-order valence-corrected chi connectivity index (χ4v) is 1.38. The molecule has 0 aromatic carbocycles. The van der Waals surface area contributed by atoms with Crippen LogP contribution in [0.3, 0.4) is 0 Å². The molecule has 4 heteroatoms. The number of hydrogen-bond donors (Lipinski definition) is 2. The zero-order chi connectivity index (χ0) is 10.2. The van der Waals surface area contributed by atoms with E-state index in [9.17, 15) is 0 Å². The molecule has 0 aliphatic heterocycles. The predicted molar refractivity (Wildman–Crippen MR) is 56.2 cm³/mol. The second-order valence-electron chi connectivity index (χ2n) is 3.32. The Morgan fingerprint density at radius 3 is 2.64 bits per heavy atom. The molecule has 0 aliphatic rings. The number of hydrazine groups is 1. The molecule has 1 unspecified atom stereocenters. The third-order valence-corrected chi connectivity index (χ3v) is 2.19. The van der Waals surface area contributed by atoms with Crippen LogP contribution in [0, 0.1) is 0 Å². The Morgan fingerprint density at radius 1 is 1.36 bits per heavy atom. The first kappa shape index (κ1) is 11.1. The summed E-state index contributed by atoms with van der Waals surface area (Å²) in [6.07, 6.45) is 8.08. The van der Waals surface area contributed by atoms with Gasteiger partial charge in [0.05, 0.1) is 6.04 Å². The maximum Gasteiger partial charge on any atom is 0.146 e. The van der Waals surface area contributed by atoms with E-state index in [1.807, 2.05) is 6.07 Å². The molecule has 1 aromatic heterocycles. The van der Waals surface area contributed by atoms with Gasteiger partial charge in [0.15, 0.2) is 0 Å². The van der Waals surface area contributed by atoms with Gasteiger partial charge < -0.3 is 0 Å². The predicted octanol–water partition coefficient (Wildman–Crippen LogP) is 1.56. The Hall–Kier alpha value is -1.00. The van der Waals surface area contributed by atoms with Crippen molar-refractivity contribution >= 4 is 0 Å². The minimum Gasteiger partial charge on any atom is -0.271 e. The summed E-state index contributed by atoms with van der Waals surface area (Å²) >= 11 is 0. The molecular weight excluding hydrogens is 176 g/mol. The highest BCUT2D eigenvalue weighted by atomic mass is 15.2. The summed E-state index contributed by atoms with van der Waals surface area (Å²) < 4.78 is 0. The van der Waals surface area contributed by atoms with Crippen molar-refractivity contribution in [2.45, 2.75) is 38.6 Å². The molecule has 0 fully saturated rings. The van der Waals surface area contributed by atoms with Crippen molar-refractivity contribution in [3.05, 3.63) is 24.3 Å². The van der Waals surface area contributed by atoms with Crippen LogP contribution in [0.4, 0.5) is 0 Å². The van der Waals surface area contributed by atoms with Crippen LogP contribution in [0.25, 0.3) is 0 Å². The van der Waals surface area contributed by atoms with E-state index in [-0.39, 0.29) is 6.04 Å². The standard InChI is InChI=1S/C10H18N4/c1-2-3-4-6-9(14-11)10-12-7-5-8-13-10/h5,7-9,14H,2-4,6,11H2,1H3. The molecule has 0 saturated carbocycles. The fourth-order valence-electron chi connectivity index (χ4n) is 1.38. The summed E-state index contributed by atoms with van der Waals surface area (Å²) in [5.74, 6) is 6.24. The Morgan fingerprint density at radius 2 is 2.07 bits per heavy atom. The van der Waals surface area contributed by atoms with Crippen LogP contribution >= 0.6 is 0 Å². The first-order valence-electron chi connectivity index (χ1n) is 5.11. The minimum atomic E-state index is 0.0859. The molecule has 1 atom stereocenters. The van der Waals surface area contributed by atoms with Gasteiger partial charge in [0, 0.05) is 12.4 Å². The van der Waals surface area contributed by atoms with Gasteiger partial charge >= 0.3 is 0 Å². The van der Waals surface area contributed by atoms with Crippen LogP contribution in [0.5, 0.6) is 0 Å². The number of hydrogen-bond acceptors (Lipinski definition) is 4. The zero-order valence-electron chi connectivity index (χ0n) is 8.61. The lowest BCUT2D eigenvalue weighted by molar-refractivity contribution is 0.466. The first-order valence-corrected chi connectivity index (χ1v) is 5.11. The quantitative estimate of drug-likeness (QED) is 0.410. The van der Waals surface area contributed by atoms with Gasteiger partial charge in [-0.1, -0.05) is 26.2 Å². The third-order valence-electron chi connectivity index (χ3n) is 2.19. The lowest BCUT2D eigenvalue weighted by Gasteiger charge is -2.13. The van der Waals surface area contributed by atoms with E-state index in [2.05, 4.69) is 22.3 Å². The van der Waals surface area contributed by atoms with E-state index in [1.165, 1.54) is 12.8 Å². The van der Waals surface area contributed by atoms with Crippen LogP contribution in [0.1, 0.15) is 44.5 Å². The minimum absolute atomic E-state index is 0.0859. The summed E-state index contributed by atoms with van der Waals surface area (Å²) in [7, 11) is 0. The molecule has 1 rings (SSSR count). The second-order valence-corrected chi connectivity index (χ2v) is 3.32. The number of rotatable bonds is 6. The monoisotopic (exact) mass is 194 g/mol. The highest BCUT2D eigenvalue weighted by molar-refractivity contribution is 4.94. The van der Waals surface area contributed by atoms with E-state index in [1.54, 1.807) is 12.4 Å². The summed E-state index contributed by atoms with van der Waals surface area (Å²) in [6.45, 7) is 2.18. The Kier molecular flexibility index (Phi) is 5.11. The van der Waals surface area contributed by atoms with Crippen molar-refractivity contribution in [2.24, 2.45) is 5.84 Å². The average molecular weight is 194 g/mol. The van der Waals surface area contributed by atoms with E-state index in [4.69, 9.17) is 5.84 Å². The Bertz CT molecular complexity index is 237. The van der Waals surface area contributed by atoms with Crippen molar-refractivity contribution in [3.8, 4) is 0 Å². The molecule has 3 N–H and O–H groups in total. The van der Waals surface area contributed by atoms with E-state index >= 15 is 0 Å². The molecule has 1 heterocycles. The number of unbranched alkanes of at least 4 members (excludes halogenated alkanes) is 2. The maximum atomic E-state index is 5.46. The largest absolute Gasteiger partial charge is 0.271 e. The van der Waals surface area contributed by atoms with Crippen molar-refractivity contribution in [2.75, 3.05) is 0 Å². The van der Waals surface area contributed by atoms with Crippen LogP contribution in [-0.2, 0) is 0 Å². The molecule has 4 nitrogen and oxygen atoms in total. The van der Waals surface area contributed by atoms with Gasteiger partial charge in [0.2, 0.25) is 0 Å². The lowest BCUT2D eigenvalue weighted by Crippen LogP contribution is -2.29. The van der Waals surface area contributed by atoms with Gasteiger partial charge in [0.1, 0.15) is 5.82 Å². The highest BCUT2D eigenvalue weighted by Gasteiger charge is 2.10. The molecule has 14 heavy (non-hydrogen) atoms. The molecule has 0 aliphatic carbocycles. The van der Waals surface area contributed by atoms with Crippen molar-refractivity contribution in [1.29, 1.82) is 0 Å². The number of aromatic nitrogens is 2. The topological polar surface area (TPSA) is 63.8 Å². The van der Waals surface area contributed by atoms with Gasteiger partial charge in [-0.2, -0.15) is 0 Å². The second kappa shape index (κ2) is 6.45. The molecular formula is C10H18N4. The van der Waals surface area contributed by atoms with E-state index < -0.39 is 0 Å². The molecule has 0 amide bonds. The number of nitrogens with zero attached hydrogens (tertiary/aromatic N) is 2. The average Bonchev–Trinajstić information content (AvgIpc) is 2.26. The summed E-state index contributed by atoms with van der Waals surface area (Å²) in [5.41, 5.74) is 2.75. The SMILES string of the molecule is CCCCCC(NN)c1ncccn1. The number of nitrogens with two attached hydrogens (primary N) is 1. The molecule has 0 spiro atoms. The third kappa shape index (κ3) is 3.40. The normalized spacial score (nSPS) is 12.7. The zero-order valence-corrected chi connectivity index (χ0v) is 8.61. The van der Waals surface area contributed by atoms with Crippen LogP contribution < -0.4 is 11.3 Å². The van der Waals surface area contributed by atoms with Gasteiger partial charge in [-0.25, -0.2) is 15.4 Å². The molecule has 0 saturated heterocycles. The molecule has 78 valence electrons. The van der Waals surface area contributed by atoms with Crippen molar-refractivity contribution in [1.82, 2.24) is 15.4 Å². The fraction of sp³-hybridized carbons (Fsp3) is 0.600. The summed E-state index contributed by atoms with van der Waals surface area (Å²) in [5, 5.41) is 0. The molecule has 1 aromatic rings. The molecule has 0 radical (unpaired) electrons. The van der Waals surface area contributed by atoms with Gasteiger partial charge in [-0.05, 0) is 12.5 Å².